The number of rotatable bonds is 10. The highest BCUT2D eigenvalue weighted by Gasteiger charge is 2.34. The van der Waals surface area contributed by atoms with Crippen LogP contribution in [0.2, 0.25) is 0 Å². The minimum Gasteiger partial charge on any atom is -0.488 e. The number of thiophene rings is 1. The zero-order valence-corrected chi connectivity index (χ0v) is 18.8. The maximum atomic E-state index is 14.1. The van der Waals surface area contributed by atoms with Gasteiger partial charge in [-0.25, -0.2) is 4.39 Å². The van der Waals surface area contributed by atoms with Crippen molar-refractivity contribution < 1.29 is 19.0 Å². The van der Waals surface area contributed by atoms with Gasteiger partial charge in [0.25, 0.3) is 0 Å². The summed E-state index contributed by atoms with van der Waals surface area (Å²) in [6, 6.07) is 8.19. The first kappa shape index (κ1) is 22.2. The molecule has 2 aromatic rings. The molecule has 1 aliphatic heterocycles. The van der Waals surface area contributed by atoms with E-state index in [4.69, 9.17) is 4.74 Å². The topological polar surface area (TPSA) is 53.0 Å². The summed E-state index contributed by atoms with van der Waals surface area (Å²) in [5.74, 6) is 0.495. The van der Waals surface area contributed by atoms with Crippen LogP contribution in [-0.2, 0) is 11.2 Å². The molecular formula is C24H31FN2O3S. The molecule has 0 spiro atoms. The van der Waals surface area contributed by atoms with Crippen molar-refractivity contribution in [3.05, 3.63) is 52.0 Å². The lowest BCUT2D eigenvalue weighted by Gasteiger charge is -2.37. The van der Waals surface area contributed by atoms with Crippen LogP contribution < -0.4 is 4.74 Å². The Morgan fingerprint density at radius 3 is 2.90 bits per heavy atom. The van der Waals surface area contributed by atoms with Gasteiger partial charge in [-0.3, -0.25) is 9.69 Å². The maximum absolute atomic E-state index is 14.1. The second-order valence-corrected chi connectivity index (χ2v) is 9.59. The van der Waals surface area contributed by atoms with Crippen molar-refractivity contribution in [2.75, 3.05) is 32.8 Å². The summed E-state index contributed by atoms with van der Waals surface area (Å²) in [7, 11) is 0. The third-order valence-electron chi connectivity index (χ3n) is 6.16. The molecule has 1 aromatic carbocycles. The molecule has 31 heavy (non-hydrogen) atoms. The lowest BCUT2D eigenvalue weighted by molar-refractivity contribution is -0.136. The molecule has 1 amide bonds. The van der Waals surface area contributed by atoms with Crippen molar-refractivity contribution >= 4 is 17.2 Å². The number of aliphatic hydroxyl groups is 1. The molecule has 168 valence electrons. The monoisotopic (exact) mass is 446 g/mol. The van der Waals surface area contributed by atoms with Gasteiger partial charge in [-0.15, -0.1) is 11.3 Å². The van der Waals surface area contributed by atoms with E-state index in [0.29, 0.717) is 32.0 Å². The predicted molar refractivity (Wildman–Crippen MR) is 120 cm³/mol. The molecule has 2 heterocycles. The van der Waals surface area contributed by atoms with Crippen molar-refractivity contribution in [1.29, 1.82) is 0 Å². The Balaban J connectivity index is 1.47. The molecule has 7 heteroatoms. The fraction of sp³-hybridized carbons (Fsp3) is 0.542. The highest BCUT2D eigenvalue weighted by molar-refractivity contribution is 7.10. The molecule has 0 saturated heterocycles. The summed E-state index contributed by atoms with van der Waals surface area (Å²) in [4.78, 5) is 18.6. The second-order valence-electron chi connectivity index (χ2n) is 8.59. The number of benzene rings is 1. The first-order valence-corrected chi connectivity index (χ1v) is 12.1. The minimum atomic E-state index is -0.420. The van der Waals surface area contributed by atoms with Crippen LogP contribution in [0.5, 0.6) is 5.75 Å². The molecule has 0 radical (unpaired) electrons. The summed E-state index contributed by atoms with van der Waals surface area (Å²) in [5.41, 5.74) is 1.10. The molecule has 2 atom stereocenters. The predicted octanol–water partition coefficient (Wildman–Crippen LogP) is 3.87. The number of fused-ring (bicyclic) bond motifs is 1. The lowest BCUT2D eigenvalue weighted by atomic mass is 10.0. The minimum absolute atomic E-state index is 0.0444. The van der Waals surface area contributed by atoms with Crippen LogP contribution >= 0.6 is 11.3 Å². The van der Waals surface area contributed by atoms with Crippen molar-refractivity contribution in [3.8, 4) is 5.75 Å². The van der Waals surface area contributed by atoms with Crippen molar-refractivity contribution in [3.63, 3.8) is 0 Å². The number of ether oxygens (including phenoxy) is 1. The van der Waals surface area contributed by atoms with Crippen LogP contribution in [0.3, 0.4) is 0 Å². The van der Waals surface area contributed by atoms with Crippen LogP contribution in [-0.4, -0.2) is 59.7 Å². The molecule has 2 unspecified atom stereocenters. The number of aliphatic hydroxyl groups excluding tert-OH is 1. The Morgan fingerprint density at radius 1 is 1.35 bits per heavy atom. The number of carbonyl (C=O) groups excluding carboxylic acids is 1. The zero-order valence-electron chi connectivity index (χ0n) is 18.0. The van der Waals surface area contributed by atoms with Gasteiger partial charge in [-0.1, -0.05) is 19.1 Å². The van der Waals surface area contributed by atoms with Gasteiger partial charge in [0.05, 0.1) is 18.7 Å². The van der Waals surface area contributed by atoms with Crippen molar-refractivity contribution in [1.82, 2.24) is 9.80 Å². The van der Waals surface area contributed by atoms with Crippen LogP contribution in [0.4, 0.5) is 4.39 Å². The molecule has 1 aliphatic carbocycles. The number of hydrogen-bond donors (Lipinski definition) is 1. The molecule has 1 aromatic heterocycles. The maximum Gasteiger partial charge on any atom is 0.237 e. The summed E-state index contributed by atoms with van der Waals surface area (Å²) in [5, 5.41) is 12.2. The molecule has 5 nitrogen and oxygen atoms in total. The molecule has 2 aliphatic rings. The van der Waals surface area contributed by atoms with E-state index in [1.54, 1.807) is 29.5 Å². The summed E-state index contributed by atoms with van der Waals surface area (Å²) < 4.78 is 19.9. The standard InChI is InChI=1S/C24H31FN2O3S/c1-2-18(28)14-26(13-17-7-8-17)15-24(29)27-11-9-23-19(10-12-31-23)21(27)16-30-22-6-4-3-5-20(22)25/h3-6,10,12,17-18,21,28H,2,7-9,11,13-16H2,1H3. The second kappa shape index (κ2) is 10.1. The number of nitrogens with zero attached hydrogens (tertiary/aromatic N) is 2. The van der Waals surface area contributed by atoms with E-state index in [2.05, 4.69) is 11.0 Å². The average molecular weight is 447 g/mol. The zero-order chi connectivity index (χ0) is 21.8. The number of hydrogen-bond acceptors (Lipinski definition) is 5. The van der Waals surface area contributed by atoms with Gasteiger partial charge < -0.3 is 14.7 Å². The highest BCUT2D eigenvalue weighted by Crippen LogP contribution is 2.35. The third kappa shape index (κ3) is 5.64. The van der Waals surface area contributed by atoms with Crippen molar-refractivity contribution in [2.45, 2.75) is 44.8 Å². The molecular weight excluding hydrogens is 415 g/mol. The molecule has 1 N–H and O–H groups in total. The quantitative estimate of drug-likeness (QED) is 0.602. The number of amides is 1. The number of halogens is 1. The van der Waals surface area contributed by atoms with Gasteiger partial charge in [-0.05, 0) is 60.7 Å². The van der Waals surface area contributed by atoms with E-state index in [1.807, 2.05) is 17.2 Å². The largest absolute Gasteiger partial charge is 0.488 e. The van der Waals surface area contributed by atoms with Gasteiger partial charge >= 0.3 is 0 Å². The Labute approximate surface area is 187 Å². The van der Waals surface area contributed by atoms with E-state index < -0.39 is 11.9 Å². The summed E-state index contributed by atoms with van der Waals surface area (Å²) in [6.07, 6.45) is 3.49. The molecule has 1 saturated carbocycles. The summed E-state index contributed by atoms with van der Waals surface area (Å²) >= 11 is 1.70. The van der Waals surface area contributed by atoms with E-state index in [0.717, 1.165) is 18.5 Å². The fourth-order valence-electron chi connectivity index (χ4n) is 4.18. The van der Waals surface area contributed by atoms with Gasteiger partial charge in [0.2, 0.25) is 5.91 Å². The normalized spacial score (nSPS) is 19.4. The molecule has 0 bridgehead atoms. The number of para-hydroxylation sites is 1. The Hall–Kier alpha value is -1.96. The Bertz CT molecular complexity index is 885. The van der Waals surface area contributed by atoms with Gasteiger partial charge in [0.15, 0.2) is 11.6 Å². The number of carbonyl (C=O) groups is 1. The highest BCUT2D eigenvalue weighted by atomic mass is 32.1. The molecule has 1 fully saturated rings. The average Bonchev–Trinajstić information content (AvgIpc) is 3.44. The smallest absolute Gasteiger partial charge is 0.237 e. The molecule has 4 rings (SSSR count). The van der Waals surface area contributed by atoms with E-state index in [9.17, 15) is 14.3 Å². The lowest BCUT2D eigenvalue weighted by Crippen LogP contribution is -2.48. The SMILES string of the molecule is CCC(O)CN(CC(=O)N1CCc2sccc2C1COc1ccccc1F)CC1CC1. The first-order valence-electron chi connectivity index (χ1n) is 11.2. The van der Waals surface area contributed by atoms with Crippen LogP contribution in [0.1, 0.15) is 42.7 Å². The van der Waals surface area contributed by atoms with Gasteiger partial charge in [0, 0.05) is 24.5 Å². The fourth-order valence-corrected chi connectivity index (χ4v) is 5.11. The Morgan fingerprint density at radius 2 is 2.16 bits per heavy atom. The van der Waals surface area contributed by atoms with Crippen LogP contribution in [0.15, 0.2) is 35.7 Å². The third-order valence-corrected chi connectivity index (χ3v) is 7.16. The van der Waals surface area contributed by atoms with E-state index in [-0.39, 0.29) is 24.3 Å². The van der Waals surface area contributed by atoms with Crippen LogP contribution in [0.25, 0.3) is 0 Å². The van der Waals surface area contributed by atoms with Crippen LogP contribution in [0, 0.1) is 11.7 Å². The Kier molecular flexibility index (Phi) is 7.25. The first-order chi connectivity index (χ1) is 15.0. The van der Waals surface area contributed by atoms with Gasteiger partial charge in [-0.2, -0.15) is 0 Å². The van der Waals surface area contributed by atoms with E-state index in [1.165, 1.54) is 23.8 Å². The van der Waals surface area contributed by atoms with E-state index >= 15 is 0 Å². The summed E-state index contributed by atoms with van der Waals surface area (Å²) in [6.45, 7) is 4.48. The van der Waals surface area contributed by atoms with Gasteiger partial charge in [0.1, 0.15) is 6.61 Å². The van der Waals surface area contributed by atoms with Crippen molar-refractivity contribution in [2.24, 2.45) is 5.92 Å².